The summed E-state index contributed by atoms with van der Waals surface area (Å²) < 4.78 is 4.84. The van der Waals surface area contributed by atoms with E-state index < -0.39 is 6.04 Å². The smallest absolute Gasteiger partial charge is 0.237 e. The van der Waals surface area contributed by atoms with E-state index >= 15 is 0 Å². The van der Waals surface area contributed by atoms with Gasteiger partial charge in [0.25, 0.3) is 0 Å². The van der Waals surface area contributed by atoms with Crippen molar-refractivity contribution < 1.29 is 9.53 Å². The van der Waals surface area contributed by atoms with Crippen LogP contribution in [0.5, 0.6) is 0 Å². The zero-order chi connectivity index (χ0) is 11.8. The fourth-order valence-electron chi connectivity index (χ4n) is 1.11. The van der Waals surface area contributed by atoms with Gasteiger partial charge in [-0.1, -0.05) is 0 Å². The SMILES string of the molecule is COCCC(N)C(=O)NCc1ccncn1. The molecule has 88 valence electrons. The Labute approximate surface area is 94.2 Å². The highest BCUT2D eigenvalue weighted by atomic mass is 16.5. The highest BCUT2D eigenvalue weighted by Crippen LogP contribution is 1.92. The van der Waals surface area contributed by atoms with Crippen molar-refractivity contribution in [3.8, 4) is 0 Å². The number of amides is 1. The molecule has 0 aliphatic carbocycles. The minimum atomic E-state index is -0.540. The number of nitrogens with two attached hydrogens (primary N) is 1. The van der Waals surface area contributed by atoms with Gasteiger partial charge in [0.2, 0.25) is 5.91 Å². The van der Waals surface area contributed by atoms with Crippen molar-refractivity contribution in [2.45, 2.75) is 19.0 Å². The van der Waals surface area contributed by atoms with E-state index in [4.69, 9.17) is 10.5 Å². The van der Waals surface area contributed by atoms with Gasteiger partial charge in [-0.05, 0) is 12.5 Å². The van der Waals surface area contributed by atoms with Gasteiger partial charge in [0.15, 0.2) is 0 Å². The van der Waals surface area contributed by atoms with Crippen LogP contribution < -0.4 is 11.1 Å². The number of nitrogens with zero attached hydrogens (tertiary/aromatic N) is 2. The van der Waals surface area contributed by atoms with Crippen LogP contribution in [0, 0.1) is 0 Å². The number of aromatic nitrogens is 2. The molecule has 0 aromatic carbocycles. The van der Waals surface area contributed by atoms with Gasteiger partial charge >= 0.3 is 0 Å². The Bertz CT molecular complexity index is 318. The van der Waals surface area contributed by atoms with E-state index in [0.717, 1.165) is 5.69 Å². The number of hydrogen-bond donors (Lipinski definition) is 2. The summed E-state index contributed by atoms with van der Waals surface area (Å²) in [7, 11) is 1.57. The minimum Gasteiger partial charge on any atom is -0.385 e. The summed E-state index contributed by atoms with van der Waals surface area (Å²) >= 11 is 0. The van der Waals surface area contributed by atoms with Crippen LogP contribution in [-0.2, 0) is 16.1 Å². The molecule has 3 N–H and O–H groups in total. The topological polar surface area (TPSA) is 90.1 Å². The molecule has 0 saturated carbocycles. The number of nitrogens with one attached hydrogen (secondary N) is 1. The molecular weight excluding hydrogens is 208 g/mol. The lowest BCUT2D eigenvalue weighted by atomic mass is 10.2. The Hall–Kier alpha value is -1.53. The van der Waals surface area contributed by atoms with Crippen LogP contribution in [0.2, 0.25) is 0 Å². The zero-order valence-electron chi connectivity index (χ0n) is 9.22. The lowest BCUT2D eigenvalue weighted by Gasteiger charge is -2.11. The van der Waals surface area contributed by atoms with Gasteiger partial charge in [-0.3, -0.25) is 4.79 Å². The highest BCUT2D eigenvalue weighted by Gasteiger charge is 2.12. The number of methoxy groups -OCH3 is 1. The maximum atomic E-state index is 11.5. The zero-order valence-corrected chi connectivity index (χ0v) is 9.22. The fraction of sp³-hybridized carbons (Fsp3) is 0.500. The molecule has 0 fully saturated rings. The first-order valence-corrected chi connectivity index (χ1v) is 5.01. The van der Waals surface area contributed by atoms with Gasteiger partial charge < -0.3 is 15.8 Å². The van der Waals surface area contributed by atoms with E-state index in [2.05, 4.69) is 15.3 Å². The Kier molecular flexibility index (Phi) is 5.38. The fourth-order valence-corrected chi connectivity index (χ4v) is 1.11. The number of hydrogen-bond acceptors (Lipinski definition) is 5. The summed E-state index contributed by atoms with van der Waals surface area (Å²) in [6.07, 6.45) is 3.57. The van der Waals surface area contributed by atoms with Crippen molar-refractivity contribution in [2.24, 2.45) is 5.73 Å². The molecule has 16 heavy (non-hydrogen) atoms. The second kappa shape index (κ2) is 6.86. The first kappa shape index (κ1) is 12.5. The molecule has 0 aliphatic heterocycles. The minimum absolute atomic E-state index is 0.198. The summed E-state index contributed by atoms with van der Waals surface area (Å²) in [5.74, 6) is -0.198. The average molecular weight is 224 g/mol. The Morgan fingerprint density at radius 2 is 2.50 bits per heavy atom. The second-order valence-electron chi connectivity index (χ2n) is 3.31. The molecule has 1 rings (SSSR count). The van der Waals surface area contributed by atoms with Gasteiger partial charge in [0, 0.05) is 19.9 Å². The summed E-state index contributed by atoms with van der Waals surface area (Å²) in [5.41, 5.74) is 6.39. The third kappa shape index (κ3) is 4.33. The third-order valence-corrected chi connectivity index (χ3v) is 2.06. The molecule has 6 heteroatoms. The van der Waals surface area contributed by atoms with E-state index in [-0.39, 0.29) is 5.91 Å². The van der Waals surface area contributed by atoms with Gasteiger partial charge in [-0.2, -0.15) is 0 Å². The lowest BCUT2D eigenvalue weighted by Crippen LogP contribution is -2.41. The Morgan fingerprint density at radius 1 is 1.69 bits per heavy atom. The molecule has 1 amide bonds. The van der Waals surface area contributed by atoms with Crippen molar-refractivity contribution in [3.05, 3.63) is 24.3 Å². The van der Waals surface area contributed by atoms with Crippen LogP contribution in [0.4, 0.5) is 0 Å². The number of carbonyl (C=O) groups excluding carboxylic acids is 1. The van der Waals surface area contributed by atoms with Gasteiger partial charge in [-0.25, -0.2) is 9.97 Å². The lowest BCUT2D eigenvalue weighted by molar-refractivity contribution is -0.122. The third-order valence-electron chi connectivity index (χ3n) is 2.06. The average Bonchev–Trinajstić information content (AvgIpc) is 2.34. The molecule has 0 spiro atoms. The van der Waals surface area contributed by atoms with Crippen molar-refractivity contribution in [1.29, 1.82) is 0 Å². The number of carbonyl (C=O) groups is 1. The summed E-state index contributed by atoms with van der Waals surface area (Å²) in [5, 5.41) is 2.70. The molecule has 0 bridgehead atoms. The van der Waals surface area contributed by atoms with Crippen LogP contribution in [0.3, 0.4) is 0 Å². The highest BCUT2D eigenvalue weighted by molar-refractivity contribution is 5.81. The van der Waals surface area contributed by atoms with Gasteiger partial charge in [0.05, 0.1) is 18.3 Å². The molecule has 1 aromatic rings. The summed E-state index contributed by atoms with van der Waals surface area (Å²) in [6.45, 7) is 0.837. The first-order chi connectivity index (χ1) is 7.74. The molecule has 0 radical (unpaired) electrons. The molecular formula is C10H16N4O2. The van der Waals surface area contributed by atoms with Crippen molar-refractivity contribution in [2.75, 3.05) is 13.7 Å². The van der Waals surface area contributed by atoms with Crippen molar-refractivity contribution in [1.82, 2.24) is 15.3 Å². The first-order valence-electron chi connectivity index (χ1n) is 5.01. The quantitative estimate of drug-likeness (QED) is 0.677. The van der Waals surface area contributed by atoms with Crippen LogP contribution in [0.25, 0.3) is 0 Å². The maximum absolute atomic E-state index is 11.5. The van der Waals surface area contributed by atoms with Crippen molar-refractivity contribution in [3.63, 3.8) is 0 Å². The monoisotopic (exact) mass is 224 g/mol. The van der Waals surface area contributed by atoms with E-state index in [0.29, 0.717) is 19.6 Å². The molecule has 1 heterocycles. The molecule has 1 unspecified atom stereocenters. The molecule has 6 nitrogen and oxygen atoms in total. The van der Waals surface area contributed by atoms with Crippen LogP contribution >= 0.6 is 0 Å². The summed E-state index contributed by atoms with van der Waals surface area (Å²) in [4.78, 5) is 19.3. The van der Waals surface area contributed by atoms with Gasteiger partial charge in [0.1, 0.15) is 6.33 Å². The van der Waals surface area contributed by atoms with E-state index in [1.807, 2.05) is 0 Å². The van der Waals surface area contributed by atoms with E-state index in [9.17, 15) is 4.79 Å². The van der Waals surface area contributed by atoms with Crippen LogP contribution in [0.1, 0.15) is 12.1 Å². The molecule has 0 aliphatic rings. The van der Waals surface area contributed by atoms with E-state index in [1.165, 1.54) is 6.33 Å². The largest absolute Gasteiger partial charge is 0.385 e. The predicted molar refractivity (Wildman–Crippen MR) is 58.3 cm³/mol. The Morgan fingerprint density at radius 3 is 3.12 bits per heavy atom. The van der Waals surface area contributed by atoms with Gasteiger partial charge in [-0.15, -0.1) is 0 Å². The van der Waals surface area contributed by atoms with Crippen LogP contribution in [0.15, 0.2) is 18.6 Å². The molecule has 1 aromatic heterocycles. The van der Waals surface area contributed by atoms with Crippen LogP contribution in [-0.4, -0.2) is 35.6 Å². The standard InChI is InChI=1S/C10H16N4O2/c1-16-5-3-9(11)10(15)13-6-8-2-4-12-7-14-8/h2,4,7,9H,3,5-6,11H2,1H3,(H,13,15). The van der Waals surface area contributed by atoms with Crippen molar-refractivity contribution >= 4 is 5.91 Å². The predicted octanol–water partition coefficient (Wildman–Crippen LogP) is -0.543. The normalized spacial score (nSPS) is 12.1. The Balaban J connectivity index is 2.29. The number of ether oxygens (including phenoxy) is 1. The number of rotatable bonds is 6. The molecule has 0 saturated heterocycles. The second-order valence-corrected chi connectivity index (χ2v) is 3.31. The summed E-state index contributed by atoms with van der Waals surface area (Å²) in [6, 6.07) is 1.20. The molecule has 1 atom stereocenters. The maximum Gasteiger partial charge on any atom is 0.237 e. The van der Waals surface area contributed by atoms with E-state index in [1.54, 1.807) is 19.4 Å².